The fraction of sp³-hybridized carbons (Fsp3) is 0.438. The number of carbonyl (C=O) groups excluding carboxylic acids is 3. The van der Waals surface area contributed by atoms with E-state index in [4.69, 9.17) is 19.2 Å². The number of amides is 2. The van der Waals surface area contributed by atoms with E-state index in [1.54, 1.807) is 32.9 Å². The smallest absolute Gasteiger partial charge is 0.411 e. The molecule has 0 aliphatic rings. The normalized spacial score (nSPS) is 11.6. The van der Waals surface area contributed by atoms with Crippen LogP contribution in [0.4, 0.5) is 15.3 Å². The van der Waals surface area contributed by atoms with Crippen molar-refractivity contribution in [2.45, 2.75) is 71.8 Å². The van der Waals surface area contributed by atoms with E-state index in [1.807, 2.05) is 41.1 Å². The number of imidazole rings is 1. The molecule has 13 heteroatoms. The van der Waals surface area contributed by atoms with E-state index in [9.17, 15) is 14.4 Å². The van der Waals surface area contributed by atoms with Gasteiger partial charge in [-0.05, 0) is 56.6 Å². The Bertz CT molecular complexity index is 1480. The molecule has 1 aromatic heterocycles. The van der Waals surface area contributed by atoms with Gasteiger partial charge < -0.3 is 28.8 Å². The highest BCUT2D eigenvalue weighted by Gasteiger charge is 2.18. The monoisotopic (exact) mass is 702 g/mol. The number of rotatable bonds is 13. The molecule has 0 radical (unpaired) electrons. The van der Waals surface area contributed by atoms with E-state index >= 15 is 0 Å². The van der Waals surface area contributed by atoms with Gasteiger partial charge in [0.05, 0.1) is 19.2 Å². The minimum absolute atomic E-state index is 0.0181. The average Bonchev–Trinajstić information content (AvgIpc) is 3.36. The predicted molar refractivity (Wildman–Crippen MR) is 180 cm³/mol. The van der Waals surface area contributed by atoms with Crippen molar-refractivity contribution in [3.05, 3.63) is 58.7 Å². The molecule has 45 heavy (non-hydrogen) atoms. The molecular weight excluding hydrogens is 660 g/mol. The molecular formula is C32H43BrN4O7Si. The number of anilines is 1. The Labute approximate surface area is 274 Å². The van der Waals surface area contributed by atoms with Crippen molar-refractivity contribution >= 4 is 47.8 Å². The summed E-state index contributed by atoms with van der Waals surface area (Å²) in [6.45, 7) is 13.4. The van der Waals surface area contributed by atoms with Gasteiger partial charge in [0.15, 0.2) is 0 Å². The number of benzene rings is 2. The van der Waals surface area contributed by atoms with E-state index in [0.717, 1.165) is 27.2 Å². The van der Waals surface area contributed by atoms with E-state index in [-0.39, 0.29) is 19.6 Å². The van der Waals surface area contributed by atoms with Crippen LogP contribution in [0.3, 0.4) is 0 Å². The zero-order chi connectivity index (χ0) is 33.2. The molecule has 0 bridgehead atoms. The first kappa shape index (κ1) is 35.8. The number of nitrogens with one attached hydrogen (secondary N) is 2. The molecule has 0 fully saturated rings. The molecule has 0 atom stereocenters. The number of carbonyl (C=O) groups is 3. The van der Waals surface area contributed by atoms with Crippen molar-refractivity contribution in [2.24, 2.45) is 0 Å². The number of nitrogens with zero attached hydrogens (tertiary/aromatic N) is 2. The highest BCUT2D eigenvalue weighted by molar-refractivity contribution is 9.10. The molecule has 0 unspecified atom stereocenters. The summed E-state index contributed by atoms with van der Waals surface area (Å²) >= 11 is 3.61. The number of hydrogen-bond donors (Lipinski definition) is 2. The molecule has 0 saturated heterocycles. The lowest BCUT2D eigenvalue weighted by Crippen LogP contribution is -2.33. The number of alkyl carbamates (subject to hydrolysis) is 1. The van der Waals surface area contributed by atoms with Gasteiger partial charge in [0.1, 0.15) is 24.8 Å². The Morgan fingerprint density at radius 3 is 2.47 bits per heavy atom. The van der Waals surface area contributed by atoms with Gasteiger partial charge in [-0.25, -0.2) is 14.6 Å². The van der Waals surface area contributed by atoms with Gasteiger partial charge in [-0.3, -0.25) is 10.1 Å². The van der Waals surface area contributed by atoms with Gasteiger partial charge in [-0.2, -0.15) is 0 Å². The molecule has 3 aromatic rings. The standard InChI is InChI=1S/C32H43BrN4O7Si/c1-32(2,3)44-30(39)34-14-13-28(38)43-20-22-9-8-10-23(17-22)29-36-27(19-37(29)21-42-15-16-45(5,6)7)25-12-11-24(18-26(25)33)35-31(40)41-4/h8-12,17-19H,13-16,20-21H2,1-7H3,(H,34,39)(H,35,40). The summed E-state index contributed by atoms with van der Waals surface area (Å²) in [5.41, 5.74) is 3.12. The largest absolute Gasteiger partial charge is 0.461 e. The van der Waals surface area contributed by atoms with Gasteiger partial charge in [-0.15, -0.1) is 0 Å². The van der Waals surface area contributed by atoms with Gasteiger partial charge in [0, 0.05) is 48.7 Å². The quantitative estimate of drug-likeness (QED) is 0.0814. The van der Waals surface area contributed by atoms with Crippen LogP contribution in [-0.2, 0) is 37.1 Å². The number of aromatic nitrogens is 2. The van der Waals surface area contributed by atoms with Crippen LogP contribution in [0.1, 0.15) is 32.8 Å². The Kier molecular flexibility index (Phi) is 12.8. The zero-order valence-corrected chi connectivity index (χ0v) is 29.6. The lowest BCUT2D eigenvalue weighted by Gasteiger charge is -2.19. The third kappa shape index (κ3) is 12.3. The minimum Gasteiger partial charge on any atom is -0.461 e. The lowest BCUT2D eigenvalue weighted by atomic mass is 10.1. The molecule has 2 amide bonds. The second-order valence-corrected chi connectivity index (χ2v) is 19.1. The molecule has 244 valence electrons. The minimum atomic E-state index is -1.26. The van der Waals surface area contributed by atoms with Crippen molar-refractivity contribution in [1.29, 1.82) is 0 Å². The summed E-state index contributed by atoms with van der Waals surface area (Å²) in [6, 6.07) is 14.1. The topological polar surface area (TPSA) is 130 Å². The highest BCUT2D eigenvalue weighted by Crippen LogP contribution is 2.33. The number of ether oxygens (including phenoxy) is 4. The summed E-state index contributed by atoms with van der Waals surface area (Å²) in [6.07, 6.45) is 0.814. The maximum absolute atomic E-state index is 12.3. The Morgan fingerprint density at radius 1 is 1.04 bits per heavy atom. The number of halogens is 1. The Balaban J connectivity index is 1.75. The fourth-order valence-electron chi connectivity index (χ4n) is 4.00. The van der Waals surface area contributed by atoms with Gasteiger partial charge >= 0.3 is 18.2 Å². The van der Waals surface area contributed by atoms with E-state index in [0.29, 0.717) is 30.5 Å². The predicted octanol–water partition coefficient (Wildman–Crippen LogP) is 7.43. The first-order valence-corrected chi connectivity index (χ1v) is 19.1. The van der Waals surface area contributed by atoms with Crippen molar-refractivity contribution in [3.8, 4) is 22.6 Å². The zero-order valence-electron chi connectivity index (χ0n) is 27.0. The van der Waals surface area contributed by atoms with Gasteiger partial charge in [0.25, 0.3) is 0 Å². The SMILES string of the molecule is COC(=O)Nc1ccc(-c2cn(COCC[Si](C)(C)C)c(-c3cccc(COC(=O)CCNC(=O)OC(C)(C)C)c3)n2)c(Br)c1. The third-order valence-electron chi connectivity index (χ3n) is 6.26. The van der Waals surface area contributed by atoms with Crippen LogP contribution in [0.15, 0.2) is 53.1 Å². The molecule has 3 rings (SSSR count). The van der Waals surface area contributed by atoms with Gasteiger partial charge in [-0.1, -0.05) is 53.8 Å². The summed E-state index contributed by atoms with van der Waals surface area (Å²) in [5, 5.41) is 5.21. The Hall–Kier alpha value is -3.68. The van der Waals surface area contributed by atoms with Gasteiger partial charge in [0.2, 0.25) is 0 Å². The summed E-state index contributed by atoms with van der Waals surface area (Å²) in [4.78, 5) is 40.7. The maximum atomic E-state index is 12.3. The molecule has 0 spiro atoms. The summed E-state index contributed by atoms with van der Waals surface area (Å²) in [7, 11) is 0.0487. The fourth-order valence-corrected chi connectivity index (χ4v) is 5.34. The Morgan fingerprint density at radius 2 is 1.80 bits per heavy atom. The number of hydrogen-bond acceptors (Lipinski definition) is 8. The maximum Gasteiger partial charge on any atom is 0.411 e. The van der Waals surface area contributed by atoms with Crippen LogP contribution >= 0.6 is 15.9 Å². The molecule has 11 nitrogen and oxygen atoms in total. The second kappa shape index (κ2) is 16.0. The first-order valence-electron chi connectivity index (χ1n) is 14.6. The van der Waals surface area contributed by atoms with Crippen LogP contribution in [0.25, 0.3) is 22.6 Å². The first-order chi connectivity index (χ1) is 21.1. The van der Waals surface area contributed by atoms with Crippen molar-refractivity contribution in [3.63, 3.8) is 0 Å². The molecule has 0 aliphatic heterocycles. The third-order valence-corrected chi connectivity index (χ3v) is 8.62. The molecule has 2 aromatic carbocycles. The molecule has 1 heterocycles. The molecule has 0 aliphatic carbocycles. The van der Waals surface area contributed by atoms with Crippen molar-refractivity contribution in [1.82, 2.24) is 14.9 Å². The van der Waals surface area contributed by atoms with Crippen LogP contribution in [-0.4, -0.2) is 61.6 Å². The van der Waals surface area contributed by atoms with Crippen LogP contribution in [0.5, 0.6) is 0 Å². The highest BCUT2D eigenvalue weighted by atomic mass is 79.9. The van der Waals surface area contributed by atoms with Crippen LogP contribution in [0, 0.1) is 0 Å². The number of esters is 1. The molecule has 0 saturated carbocycles. The number of methoxy groups -OCH3 is 1. The lowest BCUT2D eigenvalue weighted by molar-refractivity contribution is -0.144. The second-order valence-electron chi connectivity index (χ2n) is 12.6. The summed E-state index contributed by atoms with van der Waals surface area (Å²) < 4.78 is 24.1. The van der Waals surface area contributed by atoms with E-state index in [2.05, 4.69) is 50.9 Å². The van der Waals surface area contributed by atoms with E-state index in [1.165, 1.54) is 7.11 Å². The molecule has 2 N–H and O–H groups in total. The van der Waals surface area contributed by atoms with E-state index < -0.39 is 31.8 Å². The summed E-state index contributed by atoms with van der Waals surface area (Å²) in [5.74, 6) is 0.252. The van der Waals surface area contributed by atoms with Crippen molar-refractivity contribution in [2.75, 3.05) is 25.6 Å². The van der Waals surface area contributed by atoms with Crippen LogP contribution in [0.2, 0.25) is 25.7 Å². The average molecular weight is 704 g/mol. The van der Waals surface area contributed by atoms with Crippen LogP contribution < -0.4 is 10.6 Å². The van der Waals surface area contributed by atoms with Crippen molar-refractivity contribution < 1.29 is 33.3 Å².